The van der Waals surface area contributed by atoms with Crippen molar-refractivity contribution in [2.45, 2.75) is 20.0 Å². The van der Waals surface area contributed by atoms with Gasteiger partial charge in [0.2, 0.25) is 0 Å². The van der Waals surface area contributed by atoms with Crippen LogP contribution in [-0.2, 0) is 9.53 Å². The summed E-state index contributed by atoms with van der Waals surface area (Å²) in [6.07, 6.45) is 1.43. The number of ether oxygens (including phenoxy) is 1. The predicted molar refractivity (Wildman–Crippen MR) is 58.2 cm³/mol. The summed E-state index contributed by atoms with van der Waals surface area (Å²) in [7, 11) is 0. The van der Waals surface area contributed by atoms with E-state index in [9.17, 15) is 4.79 Å². The molecule has 2 nitrogen and oxygen atoms in total. The molecule has 1 aliphatic rings. The van der Waals surface area contributed by atoms with Crippen molar-refractivity contribution in [3.63, 3.8) is 0 Å². The summed E-state index contributed by atoms with van der Waals surface area (Å²) in [6, 6.07) is 9.86. The van der Waals surface area contributed by atoms with Crippen LogP contribution in [0.2, 0.25) is 0 Å². The number of benzene rings is 1. The van der Waals surface area contributed by atoms with Crippen LogP contribution in [0.25, 0.3) is 0 Å². The molecule has 1 aromatic rings. The molecule has 2 rings (SSSR count). The number of rotatable bonds is 1. The highest BCUT2D eigenvalue weighted by Crippen LogP contribution is 2.32. The lowest BCUT2D eigenvalue weighted by Gasteiger charge is -2.27. The van der Waals surface area contributed by atoms with Gasteiger partial charge in [0.15, 0.2) is 5.78 Å². The normalized spacial score (nSPS) is 25.7. The lowest BCUT2D eigenvalue weighted by molar-refractivity contribution is -0.124. The van der Waals surface area contributed by atoms with E-state index in [-0.39, 0.29) is 17.8 Å². The summed E-state index contributed by atoms with van der Waals surface area (Å²) in [5.41, 5.74) is 1.76. The second-order valence-corrected chi connectivity index (χ2v) is 3.92. The van der Waals surface area contributed by atoms with Gasteiger partial charge in [-0.2, -0.15) is 0 Å². The fourth-order valence-corrected chi connectivity index (χ4v) is 1.86. The van der Waals surface area contributed by atoms with E-state index in [0.29, 0.717) is 5.57 Å². The summed E-state index contributed by atoms with van der Waals surface area (Å²) in [5, 5.41) is 0. The van der Waals surface area contributed by atoms with Crippen LogP contribution in [0.4, 0.5) is 0 Å². The van der Waals surface area contributed by atoms with E-state index in [1.165, 1.54) is 0 Å². The Labute approximate surface area is 89.6 Å². The lowest BCUT2D eigenvalue weighted by Crippen LogP contribution is -2.25. The molecule has 0 radical (unpaired) electrons. The van der Waals surface area contributed by atoms with Crippen LogP contribution in [0, 0.1) is 5.92 Å². The first-order valence-corrected chi connectivity index (χ1v) is 5.11. The van der Waals surface area contributed by atoms with Crippen LogP contribution in [0.1, 0.15) is 25.5 Å². The zero-order valence-corrected chi connectivity index (χ0v) is 8.94. The third-order valence-corrected chi connectivity index (χ3v) is 2.78. The maximum absolute atomic E-state index is 11.8. The smallest absolute Gasteiger partial charge is 0.168 e. The van der Waals surface area contributed by atoms with Crippen LogP contribution in [0.5, 0.6) is 0 Å². The minimum Gasteiger partial charge on any atom is -0.492 e. The Kier molecular flexibility index (Phi) is 2.58. The molecule has 1 aliphatic heterocycles. The molecule has 1 aromatic carbocycles. The van der Waals surface area contributed by atoms with Gasteiger partial charge < -0.3 is 4.74 Å². The predicted octanol–water partition coefficient (Wildman–Crippen LogP) is 2.87. The number of ketones is 1. The molecule has 1 heterocycles. The summed E-state index contributed by atoms with van der Waals surface area (Å²) in [5.74, 6) is 0.0764. The SMILES string of the molecule is CC1=CO[C@H](c2ccccc2)C(C)C1=O. The van der Waals surface area contributed by atoms with Gasteiger partial charge in [-0.25, -0.2) is 0 Å². The minimum atomic E-state index is -0.137. The molecule has 2 atom stereocenters. The van der Waals surface area contributed by atoms with Crippen LogP contribution in [-0.4, -0.2) is 5.78 Å². The first-order chi connectivity index (χ1) is 7.20. The first kappa shape index (κ1) is 9.97. The third kappa shape index (κ3) is 1.80. The van der Waals surface area contributed by atoms with Gasteiger partial charge in [-0.05, 0) is 12.5 Å². The maximum atomic E-state index is 11.8. The standard InChI is InChI=1S/C13H14O2/c1-9-8-15-13(10(2)12(9)14)11-6-4-3-5-7-11/h3-8,10,13H,1-2H3/t10?,13-/m0/s1. The summed E-state index contributed by atoms with van der Waals surface area (Å²) < 4.78 is 5.58. The largest absolute Gasteiger partial charge is 0.492 e. The van der Waals surface area contributed by atoms with E-state index in [1.807, 2.05) is 37.3 Å². The van der Waals surface area contributed by atoms with Crippen molar-refractivity contribution in [3.05, 3.63) is 47.7 Å². The van der Waals surface area contributed by atoms with Gasteiger partial charge in [-0.1, -0.05) is 37.3 Å². The molecule has 0 amide bonds. The minimum absolute atomic E-state index is 0.0996. The highest BCUT2D eigenvalue weighted by atomic mass is 16.5. The van der Waals surface area contributed by atoms with E-state index in [0.717, 1.165) is 5.56 Å². The van der Waals surface area contributed by atoms with Gasteiger partial charge in [0, 0.05) is 5.57 Å². The average Bonchev–Trinajstić information content (AvgIpc) is 2.27. The van der Waals surface area contributed by atoms with E-state index < -0.39 is 0 Å². The Morgan fingerprint density at radius 3 is 2.53 bits per heavy atom. The molecule has 0 spiro atoms. The first-order valence-electron chi connectivity index (χ1n) is 5.11. The Balaban J connectivity index is 2.30. The monoisotopic (exact) mass is 202 g/mol. The van der Waals surface area contributed by atoms with E-state index >= 15 is 0 Å². The summed E-state index contributed by atoms with van der Waals surface area (Å²) in [6.45, 7) is 3.70. The van der Waals surface area contributed by atoms with Crippen LogP contribution in [0.3, 0.4) is 0 Å². The topological polar surface area (TPSA) is 26.3 Å². The Bertz CT molecular complexity index is 392. The van der Waals surface area contributed by atoms with Crippen LogP contribution in [0.15, 0.2) is 42.2 Å². The van der Waals surface area contributed by atoms with Gasteiger partial charge in [0.05, 0.1) is 12.2 Å². The quantitative estimate of drug-likeness (QED) is 0.700. The molecule has 1 unspecified atom stereocenters. The van der Waals surface area contributed by atoms with E-state index in [1.54, 1.807) is 13.2 Å². The highest BCUT2D eigenvalue weighted by molar-refractivity contribution is 5.97. The second kappa shape index (κ2) is 3.89. The number of carbonyl (C=O) groups is 1. The Morgan fingerprint density at radius 2 is 1.87 bits per heavy atom. The van der Waals surface area contributed by atoms with Crippen LogP contribution < -0.4 is 0 Å². The molecule has 0 bridgehead atoms. The molecule has 15 heavy (non-hydrogen) atoms. The van der Waals surface area contributed by atoms with E-state index in [4.69, 9.17) is 4.74 Å². The Hall–Kier alpha value is -1.57. The van der Waals surface area contributed by atoms with Crippen molar-refractivity contribution in [1.82, 2.24) is 0 Å². The van der Waals surface area contributed by atoms with Crippen molar-refractivity contribution in [2.24, 2.45) is 5.92 Å². The van der Waals surface area contributed by atoms with Gasteiger partial charge in [-0.3, -0.25) is 4.79 Å². The zero-order valence-electron chi connectivity index (χ0n) is 8.94. The highest BCUT2D eigenvalue weighted by Gasteiger charge is 2.30. The molecule has 0 saturated heterocycles. The maximum Gasteiger partial charge on any atom is 0.168 e. The molecule has 0 saturated carbocycles. The molecule has 0 aliphatic carbocycles. The number of hydrogen-bond donors (Lipinski definition) is 0. The third-order valence-electron chi connectivity index (χ3n) is 2.78. The second-order valence-electron chi connectivity index (χ2n) is 3.92. The van der Waals surface area contributed by atoms with Gasteiger partial charge >= 0.3 is 0 Å². The average molecular weight is 202 g/mol. The summed E-state index contributed by atoms with van der Waals surface area (Å²) >= 11 is 0. The number of Topliss-reactive ketones (excluding diaryl/α,β-unsaturated/α-hetero) is 1. The van der Waals surface area contributed by atoms with Gasteiger partial charge in [-0.15, -0.1) is 0 Å². The van der Waals surface area contributed by atoms with Crippen molar-refractivity contribution < 1.29 is 9.53 Å². The molecule has 2 heteroatoms. The lowest BCUT2D eigenvalue weighted by atomic mass is 9.89. The van der Waals surface area contributed by atoms with Crippen molar-refractivity contribution in [1.29, 1.82) is 0 Å². The molecule has 0 fully saturated rings. The molecular weight excluding hydrogens is 188 g/mol. The van der Waals surface area contributed by atoms with Crippen molar-refractivity contribution in [2.75, 3.05) is 0 Å². The number of carbonyl (C=O) groups excluding carboxylic acids is 1. The molecule has 0 aromatic heterocycles. The van der Waals surface area contributed by atoms with E-state index in [2.05, 4.69) is 0 Å². The number of allylic oxidation sites excluding steroid dienone is 1. The van der Waals surface area contributed by atoms with Crippen molar-refractivity contribution >= 4 is 5.78 Å². The fraction of sp³-hybridized carbons (Fsp3) is 0.308. The molecular formula is C13H14O2. The number of hydrogen-bond acceptors (Lipinski definition) is 2. The molecule has 0 N–H and O–H groups in total. The van der Waals surface area contributed by atoms with Crippen LogP contribution >= 0.6 is 0 Å². The summed E-state index contributed by atoms with van der Waals surface area (Å²) in [4.78, 5) is 11.8. The van der Waals surface area contributed by atoms with Gasteiger partial charge in [0.25, 0.3) is 0 Å². The Morgan fingerprint density at radius 1 is 1.20 bits per heavy atom. The molecule has 78 valence electrons. The zero-order chi connectivity index (χ0) is 10.8. The van der Waals surface area contributed by atoms with Gasteiger partial charge in [0.1, 0.15) is 6.10 Å². The van der Waals surface area contributed by atoms with Crippen molar-refractivity contribution in [3.8, 4) is 0 Å². The fourth-order valence-electron chi connectivity index (χ4n) is 1.86.